The fourth-order valence-corrected chi connectivity index (χ4v) is 1.57. The van der Waals surface area contributed by atoms with E-state index >= 15 is 0 Å². The molecule has 0 unspecified atom stereocenters. The van der Waals surface area contributed by atoms with Gasteiger partial charge in [-0.3, -0.25) is 0 Å². The van der Waals surface area contributed by atoms with Crippen LogP contribution in [0.25, 0.3) is 0 Å². The number of pyridine rings is 1. The smallest absolute Gasteiger partial charge is 0.129 e. The lowest BCUT2D eigenvalue weighted by atomic mass is 10.2. The molecule has 1 aromatic heterocycles. The van der Waals surface area contributed by atoms with Crippen molar-refractivity contribution in [2.24, 2.45) is 0 Å². The van der Waals surface area contributed by atoms with Gasteiger partial charge in [-0.2, -0.15) is 5.26 Å². The quantitative estimate of drug-likeness (QED) is 0.905. The summed E-state index contributed by atoms with van der Waals surface area (Å²) >= 11 is 0. The van der Waals surface area contributed by atoms with Gasteiger partial charge in [0.15, 0.2) is 0 Å². The van der Waals surface area contributed by atoms with Crippen molar-refractivity contribution in [2.45, 2.75) is 6.61 Å². The van der Waals surface area contributed by atoms with Gasteiger partial charge >= 0.3 is 0 Å². The maximum atomic E-state index is 8.92. The molecule has 19 heavy (non-hydrogen) atoms. The van der Waals surface area contributed by atoms with Gasteiger partial charge in [-0.1, -0.05) is 6.07 Å². The third-order valence-corrected chi connectivity index (χ3v) is 2.57. The molecule has 2 N–H and O–H groups in total. The molecule has 1 aromatic carbocycles. The second-order valence-electron chi connectivity index (χ2n) is 3.85. The van der Waals surface area contributed by atoms with Crippen molar-refractivity contribution in [3.8, 4) is 17.6 Å². The molecule has 0 aliphatic carbocycles. The van der Waals surface area contributed by atoms with Gasteiger partial charge in [-0.25, -0.2) is 4.98 Å². The minimum absolute atomic E-state index is 0.289. The van der Waals surface area contributed by atoms with Gasteiger partial charge in [0.1, 0.15) is 23.9 Å². The topological polar surface area (TPSA) is 81.2 Å². The summed E-state index contributed by atoms with van der Waals surface area (Å²) in [6.45, 7) is 0.289. The third kappa shape index (κ3) is 3.13. The molecule has 5 heteroatoms. The summed E-state index contributed by atoms with van der Waals surface area (Å²) in [7, 11) is 1.54. The second-order valence-corrected chi connectivity index (χ2v) is 3.85. The fraction of sp³-hybridized carbons (Fsp3) is 0.143. The predicted octanol–water partition coefficient (Wildman–Crippen LogP) is 2.12. The van der Waals surface area contributed by atoms with E-state index in [0.29, 0.717) is 22.9 Å². The van der Waals surface area contributed by atoms with Crippen molar-refractivity contribution in [2.75, 3.05) is 12.8 Å². The van der Waals surface area contributed by atoms with Crippen LogP contribution in [-0.4, -0.2) is 12.1 Å². The highest BCUT2D eigenvalue weighted by molar-refractivity contribution is 5.44. The molecule has 0 saturated carbocycles. The molecule has 0 radical (unpaired) electrons. The maximum absolute atomic E-state index is 8.92. The Bertz CT molecular complexity index is 620. The van der Waals surface area contributed by atoms with E-state index in [1.165, 1.54) is 0 Å². The van der Waals surface area contributed by atoms with Gasteiger partial charge in [0.25, 0.3) is 0 Å². The molecule has 0 saturated heterocycles. The number of nitriles is 1. The Morgan fingerprint density at radius 3 is 2.79 bits per heavy atom. The first kappa shape index (κ1) is 12.7. The molecule has 2 rings (SSSR count). The Hall–Kier alpha value is -2.74. The molecule has 2 aromatic rings. The number of benzene rings is 1. The van der Waals surface area contributed by atoms with E-state index in [0.717, 1.165) is 5.56 Å². The number of anilines is 1. The van der Waals surface area contributed by atoms with Crippen LogP contribution in [0, 0.1) is 11.3 Å². The largest absolute Gasteiger partial charge is 0.497 e. The molecule has 1 heterocycles. The van der Waals surface area contributed by atoms with Gasteiger partial charge in [0, 0.05) is 17.8 Å². The van der Waals surface area contributed by atoms with Crippen molar-refractivity contribution < 1.29 is 9.47 Å². The van der Waals surface area contributed by atoms with Gasteiger partial charge in [0.2, 0.25) is 0 Å². The molecule has 0 amide bonds. The van der Waals surface area contributed by atoms with Crippen LogP contribution >= 0.6 is 0 Å². The van der Waals surface area contributed by atoms with E-state index in [-0.39, 0.29) is 6.61 Å². The standard InChI is InChI=1S/C14H13N3O2/c1-18-12-5-10(8-15)6-13(7-12)19-9-11-3-2-4-17-14(11)16/h2-7H,9H2,1H3,(H2,16,17). The summed E-state index contributed by atoms with van der Waals surface area (Å²) in [6, 6.07) is 10.7. The lowest BCUT2D eigenvalue weighted by Crippen LogP contribution is -2.02. The molecule has 96 valence electrons. The molecule has 0 spiro atoms. The minimum Gasteiger partial charge on any atom is -0.497 e. The van der Waals surface area contributed by atoms with E-state index in [9.17, 15) is 0 Å². The number of ether oxygens (including phenoxy) is 2. The van der Waals surface area contributed by atoms with Gasteiger partial charge in [-0.15, -0.1) is 0 Å². The first-order valence-corrected chi connectivity index (χ1v) is 5.64. The number of methoxy groups -OCH3 is 1. The van der Waals surface area contributed by atoms with E-state index < -0.39 is 0 Å². The average Bonchev–Trinajstić information content (AvgIpc) is 2.46. The van der Waals surface area contributed by atoms with Crippen LogP contribution in [0.5, 0.6) is 11.5 Å². The number of nitrogen functional groups attached to an aromatic ring is 1. The van der Waals surface area contributed by atoms with Crippen LogP contribution in [0.3, 0.4) is 0 Å². The van der Waals surface area contributed by atoms with Crippen molar-refractivity contribution in [3.63, 3.8) is 0 Å². The number of rotatable bonds is 4. The first-order chi connectivity index (χ1) is 9.22. The summed E-state index contributed by atoms with van der Waals surface area (Å²) in [5.74, 6) is 1.57. The maximum Gasteiger partial charge on any atom is 0.129 e. The van der Waals surface area contributed by atoms with Crippen molar-refractivity contribution in [3.05, 3.63) is 47.7 Å². The highest BCUT2D eigenvalue weighted by atomic mass is 16.5. The molecule has 5 nitrogen and oxygen atoms in total. The van der Waals surface area contributed by atoms with Crippen LogP contribution in [0.4, 0.5) is 5.82 Å². The molecule has 0 aliphatic heterocycles. The molecule has 0 atom stereocenters. The highest BCUT2D eigenvalue weighted by Gasteiger charge is 2.04. The lowest BCUT2D eigenvalue weighted by Gasteiger charge is -2.09. The van der Waals surface area contributed by atoms with E-state index in [2.05, 4.69) is 11.1 Å². The zero-order chi connectivity index (χ0) is 13.7. The molecule has 0 aliphatic rings. The number of nitrogens with two attached hydrogens (primary N) is 1. The minimum atomic E-state index is 0.289. The van der Waals surface area contributed by atoms with Crippen LogP contribution < -0.4 is 15.2 Å². The van der Waals surface area contributed by atoms with Gasteiger partial charge in [0.05, 0.1) is 18.7 Å². The van der Waals surface area contributed by atoms with Crippen LogP contribution in [0.2, 0.25) is 0 Å². The van der Waals surface area contributed by atoms with Gasteiger partial charge in [-0.05, 0) is 18.2 Å². The number of hydrogen-bond donors (Lipinski definition) is 1. The van der Waals surface area contributed by atoms with Crippen molar-refractivity contribution in [1.82, 2.24) is 4.98 Å². The van der Waals surface area contributed by atoms with E-state index in [1.807, 2.05) is 6.07 Å². The zero-order valence-electron chi connectivity index (χ0n) is 10.5. The fourth-order valence-electron chi connectivity index (χ4n) is 1.57. The zero-order valence-corrected chi connectivity index (χ0v) is 10.5. The Morgan fingerprint density at radius 2 is 2.11 bits per heavy atom. The van der Waals surface area contributed by atoms with Crippen LogP contribution in [0.1, 0.15) is 11.1 Å². The van der Waals surface area contributed by atoms with Gasteiger partial charge < -0.3 is 15.2 Å². The predicted molar refractivity (Wildman–Crippen MR) is 70.7 cm³/mol. The summed E-state index contributed by atoms with van der Waals surface area (Å²) in [5, 5.41) is 8.92. The highest BCUT2D eigenvalue weighted by Crippen LogP contribution is 2.23. The number of nitrogens with zero attached hydrogens (tertiary/aromatic N) is 2. The Labute approximate surface area is 111 Å². The third-order valence-electron chi connectivity index (χ3n) is 2.57. The molecular formula is C14H13N3O2. The van der Waals surface area contributed by atoms with E-state index in [1.54, 1.807) is 37.6 Å². The summed E-state index contributed by atoms with van der Waals surface area (Å²) < 4.78 is 10.7. The Kier molecular flexibility index (Phi) is 3.84. The lowest BCUT2D eigenvalue weighted by molar-refractivity contribution is 0.304. The summed E-state index contributed by atoms with van der Waals surface area (Å²) in [4.78, 5) is 3.98. The van der Waals surface area contributed by atoms with Crippen molar-refractivity contribution >= 4 is 5.82 Å². The number of hydrogen-bond acceptors (Lipinski definition) is 5. The van der Waals surface area contributed by atoms with Crippen LogP contribution in [-0.2, 0) is 6.61 Å². The Balaban J connectivity index is 2.16. The van der Waals surface area contributed by atoms with Crippen molar-refractivity contribution in [1.29, 1.82) is 5.26 Å². The Morgan fingerprint density at radius 1 is 1.32 bits per heavy atom. The molecular weight excluding hydrogens is 242 g/mol. The normalized spacial score (nSPS) is 9.68. The first-order valence-electron chi connectivity index (χ1n) is 5.64. The number of aromatic nitrogens is 1. The monoisotopic (exact) mass is 255 g/mol. The van der Waals surface area contributed by atoms with Crippen LogP contribution in [0.15, 0.2) is 36.5 Å². The SMILES string of the molecule is COc1cc(C#N)cc(OCc2cccnc2N)c1. The second kappa shape index (κ2) is 5.74. The average molecular weight is 255 g/mol. The summed E-state index contributed by atoms with van der Waals surface area (Å²) in [6.07, 6.45) is 1.62. The summed E-state index contributed by atoms with van der Waals surface area (Å²) in [5.41, 5.74) is 7.00. The van der Waals surface area contributed by atoms with E-state index in [4.69, 9.17) is 20.5 Å². The molecule has 0 bridgehead atoms. The molecule has 0 fully saturated rings.